The summed E-state index contributed by atoms with van der Waals surface area (Å²) in [4.78, 5) is 22.2. The van der Waals surface area contributed by atoms with Gasteiger partial charge in [-0.1, -0.05) is 12.1 Å². The van der Waals surface area contributed by atoms with Gasteiger partial charge in [-0.3, -0.25) is 10.1 Å². The highest BCUT2D eigenvalue weighted by Gasteiger charge is 2.10. The van der Waals surface area contributed by atoms with Gasteiger partial charge in [-0.05, 0) is 12.1 Å². The van der Waals surface area contributed by atoms with Crippen molar-refractivity contribution >= 4 is 17.6 Å². The maximum atomic E-state index is 11.4. The number of anilines is 1. The standard InChI is InChI=1S/C9H11N3O2.H2/c1-11-9(14)12-8(13)6-4-2-3-5-7(6)10;/h2-5H,10H2,1H3,(H2,11,12,13,14);1H. The number of para-hydroxylation sites is 1. The summed E-state index contributed by atoms with van der Waals surface area (Å²) >= 11 is 0. The van der Waals surface area contributed by atoms with Crippen molar-refractivity contribution in [3.05, 3.63) is 29.8 Å². The number of nitrogen functional groups attached to an aromatic ring is 1. The quantitative estimate of drug-likeness (QED) is 0.573. The van der Waals surface area contributed by atoms with Crippen LogP contribution in [0.4, 0.5) is 10.5 Å². The summed E-state index contributed by atoms with van der Waals surface area (Å²) in [5, 5.41) is 4.39. The van der Waals surface area contributed by atoms with E-state index in [-0.39, 0.29) is 6.99 Å². The number of rotatable bonds is 1. The van der Waals surface area contributed by atoms with Crippen LogP contribution in [0.15, 0.2) is 24.3 Å². The average Bonchev–Trinajstić information content (AvgIpc) is 2.18. The first kappa shape index (κ1) is 10.0. The minimum absolute atomic E-state index is 0. The lowest BCUT2D eigenvalue weighted by Gasteiger charge is -2.04. The monoisotopic (exact) mass is 195 g/mol. The predicted octanol–water partition coefficient (Wildman–Crippen LogP) is 0.584. The van der Waals surface area contributed by atoms with Gasteiger partial charge in [-0.15, -0.1) is 0 Å². The van der Waals surface area contributed by atoms with Crippen LogP contribution in [0, 0.1) is 0 Å². The average molecular weight is 195 g/mol. The van der Waals surface area contributed by atoms with Crippen LogP contribution >= 0.6 is 0 Å². The van der Waals surface area contributed by atoms with E-state index >= 15 is 0 Å². The number of benzene rings is 1. The summed E-state index contributed by atoms with van der Waals surface area (Å²) in [6.45, 7) is 0. The lowest BCUT2D eigenvalue weighted by Crippen LogP contribution is -2.37. The van der Waals surface area contributed by atoms with Gasteiger partial charge >= 0.3 is 6.03 Å². The third kappa shape index (κ3) is 2.22. The highest BCUT2D eigenvalue weighted by molar-refractivity contribution is 6.07. The lowest BCUT2D eigenvalue weighted by atomic mass is 10.2. The summed E-state index contributed by atoms with van der Waals surface area (Å²) in [7, 11) is 1.43. The molecule has 5 heteroatoms. The maximum Gasteiger partial charge on any atom is 0.321 e. The molecule has 0 unspecified atom stereocenters. The zero-order valence-electron chi connectivity index (χ0n) is 7.70. The van der Waals surface area contributed by atoms with Gasteiger partial charge in [0.25, 0.3) is 5.91 Å². The van der Waals surface area contributed by atoms with E-state index in [4.69, 9.17) is 5.73 Å². The van der Waals surface area contributed by atoms with Gasteiger partial charge in [0, 0.05) is 14.2 Å². The molecule has 0 saturated heterocycles. The van der Waals surface area contributed by atoms with Crippen LogP contribution < -0.4 is 16.4 Å². The van der Waals surface area contributed by atoms with E-state index in [2.05, 4.69) is 10.6 Å². The predicted molar refractivity (Wildman–Crippen MR) is 54.9 cm³/mol. The molecule has 0 aliphatic heterocycles. The van der Waals surface area contributed by atoms with Crippen LogP contribution in [-0.4, -0.2) is 19.0 Å². The van der Waals surface area contributed by atoms with E-state index in [9.17, 15) is 9.59 Å². The van der Waals surface area contributed by atoms with E-state index in [0.717, 1.165) is 0 Å². The molecule has 0 saturated carbocycles. The summed E-state index contributed by atoms with van der Waals surface area (Å²) in [6, 6.07) is 5.98. The molecule has 3 amide bonds. The van der Waals surface area contributed by atoms with Crippen LogP contribution in [0.2, 0.25) is 0 Å². The number of nitrogens with two attached hydrogens (primary N) is 1. The van der Waals surface area contributed by atoms with E-state index in [1.54, 1.807) is 24.3 Å². The molecule has 0 bridgehead atoms. The Labute approximate surface area is 82.8 Å². The second-order valence-corrected chi connectivity index (χ2v) is 2.62. The molecule has 76 valence electrons. The Balaban J connectivity index is 0.00000196. The van der Waals surface area contributed by atoms with Crippen molar-refractivity contribution in [2.24, 2.45) is 0 Å². The number of hydrogen-bond donors (Lipinski definition) is 3. The number of carbonyl (C=O) groups excluding carboxylic acids is 2. The largest absolute Gasteiger partial charge is 0.398 e. The Bertz CT molecular complexity index is 368. The first-order valence-corrected chi connectivity index (χ1v) is 4.02. The highest BCUT2D eigenvalue weighted by atomic mass is 16.2. The van der Waals surface area contributed by atoms with E-state index in [1.165, 1.54) is 7.05 Å². The van der Waals surface area contributed by atoms with Crippen molar-refractivity contribution in [2.75, 3.05) is 12.8 Å². The number of carbonyl (C=O) groups is 2. The number of amides is 3. The van der Waals surface area contributed by atoms with Crippen LogP contribution in [-0.2, 0) is 0 Å². The number of hydrogen-bond acceptors (Lipinski definition) is 3. The molecule has 0 spiro atoms. The fourth-order valence-corrected chi connectivity index (χ4v) is 0.937. The fourth-order valence-electron chi connectivity index (χ4n) is 0.937. The third-order valence-corrected chi connectivity index (χ3v) is 1.66. The van der Waals surface area contributed by atoms with Gasteiger partial charge in [0.2, 0.25) is 0 Å². The summed E-state index contributed by atoms with van der Waals surface area (Å²) < 4.78 is 0. The van der Waals surface area contributed by atoms with Gasteiger partial charge in [0.15, 0.2) is 0 Å². The van der Waals surface area contributed by atoms with Crippen molar-refractivity contribution in [1.82, 2.24) is 10.6 Å². The third-order valence-electron chi connectivity index (χ3n) is 1.66. The Kier molecular flexibility index (Phi) is 3.06. The van der Waals surface area contributed by atoms with E-state index in [0.29, 0.717) is 5.69 Å². The maximum absolute atomic E-state index is 11.4. The second-order valence-electron chi connectivity index (χ2n) is 2.62. The molecule has 0 aliphatic carbocycles. The van der Waals surface area contributed by atoms with Gasteiger partial charge in [-0.2, -0.15) is 0 Å². The molecular formula is C9H13N3O2. The molecule has 5 nitrogen and oxygen atoms in total. The Morgan fingerprint density at radius 2 is 2.00 bits per heavy atom. The normalized spacial score (nSPS) is 9.21. The Morgan fingerprint density at radius 1 is 1.36 bits per heavy atom. The second kappa shape index (κ2) is 4.27. The van der Waals surface area contributed by atoms with Crippen LogP contribution in [0.3, 0.4) is 0 Å². The number of imide groups is 1. The van der Waals surface area contributed by atoms with E-state index < -0.39 is 11.9 Å². The van der Waals surface area contributed by atoms with Crippen LogP contribution in [0.1, 0.15) is 11.8 Å². The molecule has 0 aliphatic rings. The minimum atomic E-state index is -0.557. The molecule has 4 N–H and O–H groups in total. The van der Waals surface area contributed by atoms with Gasteiger partial charge in [0.05, 0.1) is 5.56 Å². The van der Waals surface area contributed by atoms with Crippen LogP contribution in [0.5, 0.6) is 0 Å². The SMILES string of the molecule is CNC(=O)NC(=O)c1ccccc1N.[HH]. The first-order chi connectivity index (χ1) is 6.65. The molecule has 1 aromatic carbocycles. The van der Waals surface area contributed by atoms with E-state index in [1.807, 2.05) is 0 Å². The van der Waals surface area contributed by atoms with Gasteiger partial charge in [-0.25, -0.2) is 4.79 Å². The molecule has 14 heavy (non-hydrogen) atoms. The molecule has 0 fully saturated rings. The van der Waals surface area contributed by atoms with Crippen molar-refractivity contribution in [3.63, 3.8) is 0 Å². The highest BCUT2D eigenvalue weighted by Crippen LogP contribution is 2.09. The molecule has 0 heterocycles. The zero-order chi connectivity index (χ0) is 10.6. The molecule has 1 aromatic rings. The summed E-state index contributed by atoms with van der Waals surface area (Å²) in [6.07, 6.45) is 0. The Morgan fingerprint density at radius 3 is 2.57 bits per heavy atom. The fraction of sp³-hybridized carbons (Fsp3) is 0.111. The van der Waals surface area contributed by atoms with Gasteiger partial charge < -0.3 is 11.1 Å². The van der Waals surface area contributed by atoms with Crippen molar-refractivity contribution in [3.8, 4) is 0 Å². The van der Waals surface area contributed by atoms with Gasteiger partial charge in [0.1, 0.15) is 0 Å². The minimum Gasteiger partial charge on any atom is -0.398 e. The molecule has 0 aromatic heterocycles. The van der Waals surface area contributed by atoms with Crippen molar-refractivity contribution in [1.29, 1.82) is 0 Å². The molecule has 1 rings (SSSR count). The van der Waals surface area contributed by atoms with Crippen LogP contribution in [0.25, 0.3) is 0 Å². The summed E-state index contributed by atoms with van der Waals surface area (Å²) in [5.74, 6) is -0.512. The molecule has 0 radical (unpaired) electrons. The number of urea groups is 1. The zero-order valence-corrected chi connectivity index (χ0v) is 7.70. The lowest BCUT2D eigenvalue weighted by molar-refractivity contribution is 0.0965. The molecular weight excluding hydrogens is 182 g/mol. The smallest absolute Gasteiger partial charge is 0.321 e. The van der Waals surface area contributed by atoms with Crippen molar-refractivity contribution < 1.29 is 11.0 Å². The number of nitrogens with one attached hydrogen (secondary N) is 2. The van der Waals surface area contributed by atoms with Crippen molar-refractivity contribution in [2.45, 2.75) is 0 Å². The molecule has 0 atom stereocenters. The Hall–Kier alpha value is -2.04. The summed E-state index contributed by atoms with van der Waals surface area (Å²) in [5.41, 5.74) is 6.18. The topological polar surface area (TPSA) is 84.2 Å². The first-order valence-electron chi connectivity index (χ1n) is 4.02.